The minimum Gasteiger partial charge on any atom is -0.325 e. The number of rotatable bonds is 2. The summed E-state index contributed by atoms with van der Waals surface area (Å²) in [5.41, 5.74) is 6.26. The van der Waals surface area contributed by atoms with Gasteiger partial charge in [-0.2, -0.15) is 0 Å². The Balaban J connectivity index is 2.03. The van der Waals surface area contributed by atoms with E-state index in [1.54, 1.807) is 11.3 Å². The maximum Gasteiger partial charge on any atom is 0.0701 e. The summed E-state index contributed by atoms with van der Waals surface area (Å²) in [5.74, 6) is 0. The standard InChI is InChI=1S/C9H12BrNS/c10-8-3-2-7(12-8)6-9(11)4-1-5-9/h2-3H,1,4-6,11H2. The van der Waals surface area contributed by atoms with E-state index >= 15 is 0 Å². The highest BCUT2D eigenvalue weighted by atomic mass is 79.9. The zero-order valence-corrected chi connectivity index (χ0v) is 9.25. The van der Waals surface area contributed by atoms with Crippen LogP contribution in [0.3, 0.4) is 0 Å². The molecule has 0 bridgehead atoms. The summed E-state index contributed by atoms with van der Waals surface area (Å²) in [7, 11) is 0. The van der Waals surface area contributed by atoms with Crippen LogP contribution in [0.4, 0.5) is 0 Å². The second kappa shape index (κ2) is 3.13. The first-order valence-corrected chi connectivity index (χ1v) is 5.82. The third-order valence-electron chi connectivity index (χ3n) is 2.50. The molecule has 2 N–H and O–H groups in total. The highest BCUT2D eigenvalue weighted by molar-refractivity contribution is 9.11. The number of thiophene rings is 1. The first kappa shape index (κ1) is 8.73. The molecule has 12 heavy (non-hydrogen) atoms. The molecule has 1 saturated carbocycles. The molecule has 0 atom stereocenters. The van der Waals surface area contributed by atoms with Gasteiger partial charge in [-0.3, -0.25) is 0 Å². The maximum absolute atomic E-state index is 6.14. The molecule has 1 nitrogen and oxygen atoms in total. The monoisotopic (exact) mass is 245 g/mol. The van der Waals surface area contributed by atoms with E-state index in [2.05, 4.69) is 28.1 Å². The summed E-state index contributed by atoms with van der Waals surface area (Å²) in [6, 6.07) is 4.27. The van der Waals surface area contributed by atoms with Crippen LogP contribution >= 0.6 is 27.3 Å². The quantitative estimate of drug-likeness (QED) is 0.853. The molecule has 0 aromatic carbocycles. The van der Waals surface area contributed by atoms with Crippen LogP contribution in [-0.2, 0) is 6.42 Å². The predicted octanol–water partition coefficient (Wildman–Crippen LogP) is 2.93. The molecule has 1 fully saturated rings. The minimum atomic E-state index is 0.129. The highest BCUT2D eigenvalue weighted by Gasteiger charge is 2.32. The van der Waals surface area contributed by atoms with Gasteiger partial charge in [0.15, 0.2) is 0 Å². The predicted molar refractivity (Wildman–Crippen MR) is 56.5 cm³/mol. The van der Waals surface area contributed by atoms with Crippen LogP contribution in [0.2, 0.25) is 0 Å². The molecule has 0 spiro atoms. The van der Waals surface area contributed by atoms with Gasteiger partial charge < -0.3 is 5.73 Å². The molecule has 0 unspecified atom stereocenters. The van der Waals surface area contributed by atoms with Crippen LogP contribution in [0.15, 0.2) is 15.9 Å². The molecule has 1 aromatic heterocycles. The topological polar surface area (TPSA) is 26.0 Å². The van der Waals surface area contributed by atoms with Crippen LogP contribution in [0.5, 0.6) is 0 Å². The number of halogens is 1. The van der Waals surface area contributed by atoms with Gasteiger partial charge in [0.1, 0.15) is 0 Å². The Labute approximate surface area is 85.1 Å². The largest absolute Gasteiger partial charge is 0.325 e. The van der Waals surface area contributed by atoms with Gasteiger partial charge in [0.25, 0.3) is 0 Å². The lowest BCUT2D eigenvalue weighted by atomic mass is 9.75. The third-order valence-corrected chi connectivity index (χ3v) is 4.13. The number of hydrogen-bond donors (Lipinski definition) is 1. The van der Waals surface area contributed by atoms with Crippen molar-refractivity contribution >= 4 is 27.3 Å². The van der Waals surface area contributed by atoms with Gasteiger partial charge in [-0.25, -0.2) is 0 Å². The lowest BCUT2D eigenvalue weighted by Crippen LogP contribution is -2.48. The molecular formula is C9H12BrNS. The second-order valence-corrected chi connectivity index (χ2v) is 6.15. The molecule has 66 valence electrons. The molecule has 0 amide bonds. The van der Waals surface area contributed by atoms with Crippen LogP contribution in [0.25, 0.3) is 0 Å². The first-order chi connectivity index (χ1) is 5.68. The van der Waals surface area contributed by atoms with Crippen molar-refractivity contribution in [3.8, 4) is 0 Å². The number of hydrogen-bond acceptors (Lipinski definition) is 2. The van der Waals surface area contributed by atoms with E-state index in [1.165, 1.54) is 27.9 Å². The molecule has 2 rings (SSSR count). The Morgan fingerprint density at radius 1 is 1.50 bits per heavy atom. The Kier molecular flexibility index (Phi) is 2.27. The summed E-state index contributed by atoms with van der Waals surface area (Å²) in [4.78, 5) is 1.41. The van der Waals surface area contributed by atoms with E-state index in [0.717, 1.165) is 6.42 Å². The Morgan fingerprint density at radius 2 is 2.25 bits per heavy atom. The molecule has 0 saturated heterocycles. The van der Waals surface area contributed by atoms with Gasteiger partial charge in [0.05, 0.1) is 3.79 Å². The molecule has 3 heteroatoms. The fourth-order valence-electron chi connectivity index (χ4n) is 1.60. The zero-order valence-electron chi connectivity index (χ0n) is 6.85. The van der Waals surface area contributed by atoms with Gasteiger partial charge in [-0.05, 0) is 53.7 Å². The Morgan fingerprint density at radius 3 is 2.67 bits per heavy atom. The molecule has 1 aromatic rings. The van der Waals surface area contributed by atoms with Crippen LogP contribution in [0, 0.1) is 0 Å². The molecule has 1 heterocycles. The Bertz CT molecular complexity index is 278. The lowest BCUT2D eigenvalue weighted by Gasteiger charge is -2.37. The van der Waals surface area contributed by atoms with Crippen molar-refractivity contribution in [2.24, 2.45) is 5.73 Å². The summed E-state index contributed by atoms with van der Waals surface area (Å²) >= 11 is 5.26. The molecule has 1 aliphatic carbocycles. The number of nitrogens with two attached hydrogens (primary N) is 1. The van der Waals surface area contributed by atoms with E-state index in [1.807, 2.05) is 0 Å². The molecule has 0 radical (unpaired) electrons. The average Bonchev–Trinajstić information content (AvgIpc) is 2.32. The fourth-order valence-corrected chi connectivity index (χ4v) is 3.24. The summed E-state index contributed by atoms with van der Waals surface area (Å²) in [6.45, 7) is 0. The van der Waals surface area contributed by atoms with Gasteiger partial charge in [0.2, 0.25) is 0 Å². The van der Waals surface area contributed by atoms with Gasteiger partial charge in [-0.1, -0.05) is 0 Å². The van der Waals surface area contributed by atoms with Crippen LogP contribution < -0.4 is 5.73 Å². The summed E-state index contributed by atoms with van der Waals surface area (Å²) in [6.07, 6.45) is 4.76. The zero-order chi connectivity index (χ0) is 8.60. The fraction of sp³-hybridized carbons (Fsp3) is 0.556. The van der Waals surface area contributed by atoms with E-state index in [0.29, 0.717) is 0 Å². The van der Waals surface area contributed by atoms with Crippen molar-refractivity contribution < 1.29 is 0 Å². The van der Waals surface area contributed by atoms with Crippen molar-refractivity contribution in [1.82, 2.24) is 0 Å². The first-order valence-electron chi connectivity index (χ1n) is 4.21. The van der Waals surface area contributed by atoms with Crippen molar-refractivity contribution in [2.45, 2.75) is 31.2 Å². The van der Waals surface area contributed by atoms with Gasteiger partial charge >= 0.3 is 0 Å². The average molecular weight is 246 g/mol. The second-order valence-electron chi connectivity index (χ2n) is 3.60. The van der Waals surface area contributed by atoms with E-state index < -0.39 is 0 Å². The molecular weight excluding hydrogens is 234 g/mol. The van der Waals surface area contributed by atoms with Gasteiger partial charge in [0, 0.05) is 10.4 Å². The van der Waals surface area contributed by atoms with E-state index in [9.17, 15) is 0 Å². The van der Waals surface area contributed by atoms with Crippen molar-refractivity contribution in [1.29, 1.82) is 0 Å². The SMILES string of the molecule is NC1(Cc2ccc(Br)s2)CCC1. The highest BCUT2D eigenvalue weighted by Crippen LogP contribution is 2.34. The van der Waals surface area contributed by atoms with E-state index in [4.69, 9.17) is 5.73 Å². The maximum atomic E-state index is 6.14. The minimum absolute atomic E-state index is 0.129. The van der Waals surface area contributed by atoms with Crippen molar-refractivity contribution in [2.75, 3.05) is 0 Å². The normalized spacial score (nSPS) is 20.5. The van der Waals surface area contributed by atoms with E-state index in [-0.39, 0.29) is 5.54 Å². The van der Waals surface area contributed by atoms with Crippen molar-refractivity contribution in [3.63, 3.8) is 0 Å². The summed E-state index contributed by atoms with van der Waals surface area (Å²) < 4.78 is 1.21. The summed E-state index contributed by atoms with van der Waals surface area (Å²) in [5, 5.41) is 0. The smallest absolute Gasteiger partial charge is 0.0701 e. The molecule has 1 aliphatic rings. The Hall–Kier alpha value is 0.140. The van der Waals surface area contributed by atoms with Gasteiger partial charge in [-0.15, -0.1) is 11.3 Å². The van der Waals surface area contributed by atoms with Crippen LogP contribution in [0.1, 0.15) is 24.1 Å². The lowest BCUT2D eigenvalue weighted by molar-refractivity contribution is 0.249. The van der Waals surface area contributed by atoms with Crippen LogP contribution in [-0.4, -0.2) is 5.54 Å². The molecule has 0 aliphatic heterocycles. The third kappa shape index (κ3) is 1.73. The van der Waals surface area contributed by atoms with Crippen molar-refractivity contribution in [3.05, 3.63) is 20.8 Å².